The molecule has 0 aliphatic rings. The summed E-state index contributed by atoms with van der Waals surface area (Å²) in [6, 6.07) is 4.13. The minimum absolute atomic E-state index is 0.00776. The highest BCUT2D eigenvalue weighted by Crippen LogP contribution is 2.24. The Hall–Kier alpha value is -1.07. The second-order valence-electron chi connectivity index (χ2n) is 4.20. The average Bonchev–Trinajstić information content (AvgIpc) is 2.31. The highest BCUT2D eigenvalue weighted by atomic mass is 79.9. The van der Waals surface area contributed by atoms with Crippen molar-refractivity contribution in [2.75, 3.05) is 31.7 Å². The largest absolute Gasteiger partial charge is 0.464 e. The van der Waals surface area contributed by atoms with E-state index in [1.165, 1.54) is 11.1 Å². The second-order valence-corrected chi connectivity index (χ2v) is 5.11. The maximum absolute atomic E-state index is 11.0. The fourth-order valence-corrected chi connectivity index (χ4v) is 2.48. The zero-order valence-corrected chi connectivity index (χ0v) is 13.2. The van der Waals surface area contributed by atoms with Crippen LogP contribution in [-0.2, 0) is 14.3 Å². The first-order valence-corrected chi connectivity index (χ1v) is 7.08. The van der Waals surface area contributed by atoms with Gasteiger partial charge in [-0.15, -0.1) is 0 Å². The number of benzene rings is 1. The van der Waals surface area contributed by atoms with Gasteiger partial charge in [-0.2, -0.15) is 0 Å². The zero-order chi connectivity index (χ0) is 14.3. The topological polar surface area (TPSA) is 47.6 Å². The number of ether oxygens (including phenoxy) is 2. The van der Waals surface area contributed by atoms with Crippen molar-refractivity contribution in [2.24, 2.45) is 0 Å². The molecule has 0 bridgehead atoms. The van der Waals surface area contributed by atoms with Crippen LogP contribution in [0.3, 0.4) is 0 Å². The van der Waals surface area contributed by atoms with Gasteiger partial charge in [0.2, 0.25) is 0 Å². The molecule has 1 N–H and O–H groups in total. The smallest absolute Gasteiger partial charge is 0.332 e. The molecule has 0 atom stereocenters. The van der Waals surface area contributed by atoms with Crippen molar-refractivity contribution in [1.82, 2.24) is 0 Å². The van der Waals surface area contributed by atoms with Gasteiger partial charge in [0.05, 0.1) is 13.2 Å². The number of nitrogens with one attached hydrogen (secondary N) is 1. The Morgan fingerprint density at radius 2 is 1.95 bits per heavy atom. The molecule has 19 heavy (non-hydrogen) atoms. The van der Waals surface area contributed by atoms with Crippen LogP contribution < -0.4 is 5.32 Å². The van der Waals surface area contributed by atoms with Crippen LogP contribution in [0.15, 0.2) is 16.6 Å². The van der Waals surface area contributed by atoms with E-state index in [-0.39, 0.29) is 12.6 Å². The third-order valence-corrected chi connectivity index (χ3v) is 3.03. The van der Waals surface area contributed by atoms with Gasteiger partial charge in [0, 0.05) is 16.7 Å². The summed E-state index contributed by atoms with van der Waals surface area (Å²) >= 11 is 3.47. The number of hydrogen-bond acceptors (Lipinski definition) is 4. The van der Waals surface area contributed by atoms with Crippen molar-refractivity contribution in [3.8, 4) is 0 Å². The summed E-state index contributed by atoms with van der Waals surface area (Å²) < 4.78 is 11.1. The van der Waals surface area contributed by atoms with E-state index < -0.39 is 0 Å². The average molecular weight is 330 g/mol. The summed E-state index contributed by atoms with van der Waals surface area (Å²) in [4.78, 5) is 11.0. The van der Waals surface area contributed by atoms with Crippen LogP contribution in [0.4, 0.5) is 5.69 Å². The van der Waals surface area contributed by atoms with Gasteiger partial charge < -0.3 is 14.8 Å². The van der Waals surface area contributed by atoms with Crippen molar-refractivity contribution in [3.05, 3.63) is 27.7 Å². The highest BCUT2D eigenvalue weighted by Gasteiger charge is 2.04. The predicted octanol–water partition coefficient (Wildman–Crippen LogP) is 3.06. The Balaban J connectivity index is 2.32. The third kappa shape index (κ3) is 5.61. The first-order valence-electron chi connectivity index (χ1n) is 6.28. The summed E-state index contributed by atoms with van der Waals surface area (Å²) in [5.74, 6) is -0.321. The molecule has 0 radical (unpaired) electrons. The lowest BCUT2D eigenvalue weighted by Gasteiger charge is -2.13. The Morgan fingerprint density at radius 1 is 1.32 bits per heavy atom. The lowest BCUT2D eigenvalue weighted by molar-refractivity contribution is -0.148. The lowest BCUT2D eigenvalue weighted by atomic mass is 10.1. The standard InChI is InChI=1S/C14H20BrNO3/c1-4-19-13(17)9-18-6-5-16-14-10(2)7-12(15)8-11(14)3/h7-8,16H,4-6,9H2,1-3H3. The first-order chi connectivity index (χ1) is 9.04. The monoisotopic (exact) mass is 329 g/mol. The summed E-state index contributed by atoms with van der Waals surface area (Å²) in [6.07, 6.45) is 0. The highest BCUT2D eigenvalue weighted by molar-refractivity contribution is 9.10. The van der Waals surface area contributed by atoms with E-state index >= 15 is 0 Å². The molecule has 0 amide bonds. The Labute approximate surface area is 122 Å². The molecule has 0 saturated heterocycles. The van der Waals surface area contributed by atoms with Crippen molar-refractivity contribution in [1.29, 1.82) is 0 Å². The van der Waals surface area contributed by atoms with E-state index in [2.05, 4.69) is 47.2 Å². The molecule has 0 aromatic heterocycles. The summed E-state index contributed by atoms with van der Waals surface area (Å²) in [6.45, 7) is 7.40. The third-order valence-electron chi connectivity index (χ3n) is 2.57. The molecule has 0 aliphatic heterocycles. The Kier molecular flexibility index (Phi) is 6.87. The Morgan fingerprint density at radius 3 is 2.53 bits per heavy atom. The molecule has 106 valence electrons. The zero-order valence-electron chi connectivity index (χ0n) is 11.6. The first kappa shape index (κ1) is 16.0. The lowest BCUT2D eigenvalue weighted by Crippen LogP contribution is -2.17. The van der Waals surface area contributed by atoms with Gasteiger partial charge in [0.1, 0.15) is 6.61 Å². The van der Waals surface area contributed by atoms with Crippen molar-refractivity contribution < 1.29 is 14.3 Å². The number of anilines is 1. The van der Waals surface area contributed by atoms with Gasteiger partial charge in [-0.3, -0.25) is 0 Å². The molecule has 1 aromatic rings. The van der Waals surface area contributed by atoms with Gasteiger partial charge in [0.15, 0.2) is 0 Å². The maximum Gasteiger partial charge on any atom is 0.332 e. The maximum atomic E-state index is 11.0. The normalized spacial score (nSPS) is 10.3. The van der Waals surface area contributed by atoms with Crippen LogP contribution in [-0.4, -0.2) is 32.3 Å². The fourth-order valence-electron chi connectivity index (χ4n) is 1.80. The number of esters is 1. The van der Waals surface area contributed by atoms with Gasteiger partial charge in [-0.1, -0.05) is 15.9 Å². The van der Waals surface area contributed by atoms with Gasteiger partial charge in [-0.05, 0) is 44.0 Å². The SMILES string of the molecule is CCOC(=O)COCCNc1c(C)cc(Br)cc1C. The minimum atomic E-state index is -0.321. The summed E-state index contributed by atoms with van der Waals surface area (Å²) in [5, 5.41) is 3.32. The van der Waals surface area contributed by atoms with Crippen molar-refractivity contribution >= 4 is 27.6 Å². The number of hydrogen-bond donors (Lipinski definition) is 1. The molecule has 0 spiro atoms. The molecule has 4 nitrogen and oxygen atoms in total. The van der Waals surface area contributed by atoms with Crippen molar-refractivity contribution in [3.63, 3.8) is 0 Å². The second kappa shape index (κ2) is 8.17. The number of halogens is 1. The van der Waals surface area contributed by atoms with Crippen LogP contribution >= 0.6 is 15.9 Å². The summed E-state index contributed by atoms with van der Waals surface area (Å²) in [5.41, 5.74) is 3.47. The van der Waals surface area contributed by atoms with E-state index in [1.54, 1.807) is 6.92 Å². The molecule has 0 heterocycles. The molecule has 5 heteroatoms. The van der Waals surface area contributed by atoms with E-state index in [9.17, 15) is 4.79 Å². The molecule has 0 fully saturated rings. The fraction of sp³-hybridized carbons (Fsp3) is 0.500. The predicted molar refractivity (Wildman–Crippen MR) is 79.6 cm³/mol. The molecule has 0 unspecified atom stereocenters. The molecule has 1 aromatic carbocycles. The minimum Gasteiger partial charge on any atom is -0.464 e. The Bertz CT molecular complexity index is 412. The van der Waals surface area contributed by atoms with Gasteiger partial charge >= 0.3 is 5.97 Å². The molecular weight excluding hydrogens is 310 g/mol. The van der Waals surface area contributed by atoms with Gasteiger partial charge in [-0.25, -0.2) is 4.79 Å². The van der Waals surface area contributed by atoms with Crippen molar-refractivity contribution in [2.45, 2.75) is 20.8 Å². The number of carbonyl (C=O) groups is 1. The van der Waals surface area contributed by atoms with Crippen LogP contribution in [0.1, 0.15) is 18.1 Å². The van der Waals surface area contributed by atoms with Crippen LogP contribution in [0.5, 0.6) is 0 Å². The van der Waals surface area contributed by atoms with E-state index in [1.807, 2.05) is 0 Å². The van der Waals surface area contributed by atoms with E-state index in [0.29, 0.717) is 19.8 Å². The van der Waals surface area contributed by atoms with E-state index in [4.69, 9.17) is 9.47 Å². The van der Waals surface area contributed by atoms with Crippen LogP contribution in [0.2, 0.25) is 0 Å². The molecular formula is C14H20BrNO3. The number of aryl methyl sites for hydroxylation is 2. The van der Waals surface area contributed by atoms with Gasteiger partial charge in [0.25, 0.3) is 0 Å². The quantitative estimate of drug-likeness (QED) is 0.617. The molecule has 0 saturated carbocycles. The molecule has 1 rings (SSSR count). The van der Waals surface area contributed by atoms with E-state index in [0.717, 1.165) is 10.2 Å². The van der Waals surface area contributed by atoms with Crippen LogP contribution in [0.25, 0.3) is 0 Å². The van der Waals surface area contributed by atoms with Crippen LogP contribution in [0, 0.1) is 13.8 Å². The number of rotatable bonds is 7. The summed E-state index contributed by atoms with van der Waals surface area (Å²) in [7, 11) is 0. The molecule has 0 aliphatic carbocycles. The number of carbonyl (C=O) groups excluding carboxylic acids is 1.